The van der Waals surface area contributed by atoms with Crippen molar-refractivity contribution in [2.75, 3.05) is 5.75 Å². The minimum absolute atomic E-state index is 0.265. The molecule has 1 rings (SSSR count). The van der Waals surface area contributed by atoms with E-state index in [0.717, 1.165) is 17.1 Å². The highest BCUT2D eigenvalue weighted by Crippen LogP contribution is 2.35. The van der Waals surface area contributed by atoms with Gasteiger partial charge < -0.3 is 5.11 Å². The Hall–Kier alpha value is -1.21. The third kappa shape index (κ3) is 9.16. The summed E-state index contributed by atoms with van der Waals surface area (Å²) < 4.78 is 0. The van der Waals surface area contributed by atoms with Crippen molar-refractivity contribution < 1.29 is 14.8 Å². The summed E-state index contributed by atoms with van der Waals surface area (Å²) in [4.78, 5) is 22.0. The molecular formula is C18H27NO4S2. The van der Waals surface area contributed by atoms with Gasteiger partial charge in [0, 0.05) is 16.7 Å². The van der Waals surface area contributed by atoms with Gasteiger partial charge in [-0.2, -0.15) is 0 Å². The molecular weight excluding hydrogens is 358 g/mol. The quantitative estimate of drug-likeness (QED) is 0.169. The first kappa shape index (κ1) is 21.8. The first-order valence-electron chi connectivity index (χ1n) is 8.87. The number of nitro groups is 1. The minimum atomic E-state index is -1.27. The third-order valence-corrected chi connectivity index (χ3v) is 6.33. The Balaban J connectivity index is 2.19. The summed E-state index contributed by atoms with van der Waals surface area (Å²) in [7, 11) is 3.13. The monoisotopic (exact) mass is 385 g/mol. The molecule has 0 aliphatic heterocycles. The molecule has 1 aromatic rings. The number of carboxylic acid groups (broad SMARTS) is 1. The second-order valence-corrected chi connectivity index (χ2v) is 8.46. The van der Waals surface area contributed by atoms with Crippen LogP contribution in [-0.4, -0.2) is 21.8 Å². The number of carboxylic acids is 1. The van der Waals surface area contributed by atoms with E-state index in [-0.39, 0.29) is 11.3 Å². The Kier molecular flexibility index (Phi) is 11.4. The number of unbranched alkanes of at least 4 members (excludes halogenated alkanes) is 8. The Morgan fingerprint density at radius 1 is 1.08 bits per heavy atom. The van der Waals surface area contributed by atoms with Gasteiger partial charge in [0.25, 0.3) is 5.69 Å². The fourth-order valence-corrected chi connectivity index (χ4v) is 4.62. The van der Waals surface area contributed by atoms with Gasteiger partial charge in [-0.15, -0.1) is 0 Å². The van der Waals surface area contributed by atoms with Crippen molar-refractivity contribution >= 4 is 33.2 Å². The first-order valence-corrected chi connectivity index (χ1v) is 11.2. The Labute approximate surface area is 157 Å². The van der Waals surface area contributed by atoms with Gasteiger partial charge in [-0.3, -0.25) is 10.1 Å². The van der Waals surface area contributed by atoms with Crippen LogP contribution in [0.15, 0.2) is 23.1 Å². The second kappa shape index (κ2) is 13.1. The summed E-state index contributed by atoms with van der Waals surface area (Å²) in [5, 5.41) is 19.9. The van der Waals surface area contributed by atoms with Gasteiger partial charge in [0.2, 0.25) is 0 Å². The molecule has 0 aromatic heterocycles. The number of hydrogen-bond acceptors (Lipinski definition) is 5. The molecule has 25 heavy (non-hydrogen) atoms. The smallest absolute Gasteiger partial charge is 0.342 e. The minimum Gasteiger partial charge on any atom is -0.477 e. The maximum Gasteiger partial charge on any atom is 0.342 e. The van der Waals surface area contributed by atoms with Crippen LogP contribution in [0, 0.1) is 10.1 Å². The zero-order valence-electron chi connectivity index (χ0n) is 14.7. The molecule has 0 atom stereocenters. The summed E-state index contributed by atoms with van der Waals surface area (Å²) in [5.41, 5.74) is -0.612. The van der Waals surface area contributed by atoms with Crippen molar-refractivity contribution in [3.63, 3.8) is 0 Å². The van der Waals surface area contributed by atoms with E-state index in [1.807, 2.05) is 0 Å². The molecule has 0 radical (unpaired) electrons. The van der Waals surface area contributed by atoms with Crippen molar-refractivity contribution in [2.24, 2.45) is 0 Å². The van der Waals surface area contributed by atoms with E-state index < -0.39 is 10.9 Å². The van der Waals surface area contributed by atoms with E-state index in [2.05, 4.69) is 6.92 Å². The van der Waals surface area contributed by atoms with Gasteiger partial charge >= 0.3 is 5.97 Å². The Morgan fingerprint density at radius 2 is 1.68 bits per heavy atom. The molecule has 0 amide bonds. The van der Waals surface area contributed by atoms with Gasteiger partial charge in [-0.25, -0.2) is 4.79 Å². The highest BCUT2D eigenvalue weighted by molar-refractivity contribution is 8.76. The normalized spacial score (nSPS) is 10.8. The predicted octanol–water partition coefficient (Wildman–Crippen LogP) is 6.56. The molecule has 0 saturated heterocycles. The molecule has 0 fully saturated rings. The van der Waals surface area contributed by atoms with Gasteiger partial charge in [-0.1, -0.05) is 79.9 Å². The van der Waals surface area contributed by atoms with Crippen LogP contribution >= 0.6 is 21.6 Å². The molecule has 7 heteroatoms. The van der Waals surface area contributed by atoms with Gasteiger partial charge in [-0.05, 0) is 18.6 Å². The number of nitro benzene ring substituents is 1. The maximum atomic E-state index is 11.0. The van der Waals surface area contributed by atoms with E-state index in [1.165, 1.54) is 74.3 Å². The van der Waals surface area contributed by atoms with E-state index in [9.17, 15) is 14.9 Å². The lowest BCUT2D eigenvalue weighted by atomic mass is 10.1. The number of carbonyl (C=O) groups is 1. The van der Waals surface area contributed by atoms with Crippen molar-refractivity contribution in [2.45, 2.75) is 69.6 Å². The molecule has 0 spiro atoms. The fourth-order valence-electron chi connectivity index (χ4n) is 2.48. The van der Waals surface area contributed by atoms with E-state index in [1.54, 1.807) is 16.9 Å². The lowest BCUT2D eigenvalue weighted by molar-refractivity contribution is -0.385. The highest BCUT2D eigenvalue weighted by Gasteiger charge is 2.20. The average molecular weight is 386 g/mol. The van der Waals surface area contributed by atoms with Crippen molar-refractivity contribution in [3.05, 3.63) is 33.9 Å². The van der Waals surface area contributed by atoms with Crippen LogP contribution < -0.4 is 0 Å². The zero-order chi connectivity index (χ0) is 18.5. The molecule has 0 bridgehead atoms. The van der Waals surface area contributed by atoms with Crippen LogP contribution in [0.2, 0.25) is 0 Å². The van der Waals surface area contributed by atoms with Gasteiger partial charge in [0.1, 0.15) is 5.56 Å². The van der Waals surface area contributed by atoms with Crippen LogP contribution in [0.3, 0.4) is 0 Å². The Morgan fingerprint density at radius 3 is 2.24 bits per heavy atom. The highest BCUT2D eigenvalue weighted by atomic mass is 33.1. The van der Waals surface area contributed by atoms with E-state index in [0.29, 0.717) is 0 Å². The molecule has 140 valence electrons. The van der Waals surface area contributed by atoms with Crippen LogP contribution in [-0.2, 0) is 0 Å². The number of nitrogens with zero attached hydrogens (tertiary/aromatic N) is 1. The summed E-state index contributed by atoms with van der Waals surface area (Å²) in [6.45, 7) is 2.23. The number of aromatic carboxylic acids is 1. The van der Waals surface area contributed by atoms with Crippen LogP contribution in [0.4, 0.5) is 5.69 Å². The third-order valence-electron chi connectivity index (χ3n) is 3.88. The summed E-state index contributed by atoms with van der Waals surface area (Å²) in [6, 6.07) is 4.28. The summed E-state index contributed by atoms with van der Waals surface area (Å²) in [6.07, 6.45) is 11.6. The van der Waals surface area contributed by atoms with E-state index >= 15 is 0 Å². The topological polar surface area (TPSA) is 80.4 Å². The van der Waals surface area contributed by atoms with Gasteiger partial charge in [0.15, 0.2) is 0 Å². The molecule has 1 aromatic carbocycles. The number of rotatable bonds is 14. The predicted molar refractivity (Wildman–Crippen MR) is 106 cm³/mol. The lowest BCUT2D eigenvalue weighted by Gasteiger charge is -2.04. The molecule has 0 heterocycles. The molecule has 0 unspecified atom stereocenters. The summed E-state index contributed by atoms with van der Waals surface area (Å²) in [5.74, 6) is -0.278. The number of hydrogen-bond donors (Lipinski definition) is 1. The van der Waals surface area contributed by atoms with Gasteiger partial charge in [0.05, 0.1) is 4.92 Å². The maximum absolute atomic E-state index is 11.0. The summed E-state index contributed by atoms with van der Waals surface area (Å²) >= 11 is 0. The fraction of sp³-hybridized carbons (Fsp3) is 0.611. The largest absolute Gasteiger partial charge is 0.477 e. The zero-order valence-corrected chi connectivity index (χ0v) is 16.4. The second-order valence-electron chi connectivity index (χ2n) is 5.97. The molecule has 0 aliphatic rings. The first-order chi connectivity index (χ1) is 12.1. The molecule has 0 saturated carbocycles. The van der Waals surface area contributed by atoms with Crippen molar-refractivity contribution in [3.8, 4) is 0 Å². The van der Waals surface area contributed by atoms with E-state index in [4.69, 9.17) is 5.11 Å². The lowest BCUT2D eigenvalue weighted by Crippen LogP contribution is -2.02. The van der Waals surface area contributed by atoms with Crippen LogP contribution in [0.5, 0.6) is 0 Å². The molecule has 5 nitrogen and oxygen atoms in total. The van der Waals surface area contributed by atoms with Crippen LogP contribution in [0.1, 0.15) is 75.1 Å². The standard InChI is InChI=1S/C18H27NO4S2/c1-2-3-4-5-6-7-8-9-10-13-24-25-15-11-12-16(18(20)21)17(14-15)19(22)23/h11-12,14H,2-10,13H2,1H3,(H,20,21). The average Bonchev–Trinajstić information content (AvgIpc) is 2.59. The Bertz CT molecular complexity index is 552. The molecule has 0 aliphatic carbocycles. The van der Waals surface area contributed by atoms with Crippen molar-refractivity contribution in [1.82, 2.24) is 0 Å². The molecule has 1 N–H and O–H groups in total. The van der Waals surface area contributed by atoms with Crippen molar-refractivity contribution in [1.29, 1.82) is 0 Å². The van der Waals surface area contributed by atoms with Crippen LogP contribution in [0.25, 0.3) is 0 Å². The SMILES string of the molecule is CCCCCCCCCCCSSc1ccc(C(=O)O)c([N+](=O)[O-])c1. The number of benzene rings is 1.